The quantitative estimate of drug-likeness (QED) is 0.668. The van der Waals surface area contributed by atoms with Gasteiger partial charge in [0.15, 0.2) is 0 Å². The smallest absolute Gasteiger partial charge is 0.257 e. The second-order valence-corrected chi connectivity index (χ2v) is 8.24. The molecule has 0 aromatic heterocycles. The number of rotatable bonds is 6. The van der Waals surface area contributed by atoms with Gasteiger partial charge in [-0.15, -0.1) is 0 Å². The van der Waals surface area contributed by atoms with Crippen LogP contribution in [0, 0.1) is 0 Å². The van der Waals surface area contributed by atoms with Gasteiger partial charge >= 0.3 is 0 Å². The van der Waals surface area contributed by atoms with Crippen LogP contribution < -0.4 is 9.64 Å². The molecule has 31 heavy (non-hydrogen) atoms. The first kappa shape index (κ1) is 21.1. The van der Waals surface area contributed by atoms with Crippen molar-refractivity contribution in [2.24, 2.45) is 0 Å². The molecule has 1 saturated heterocycles. The molecule has 4 rings (SSSR count). The van der Waals surface area contributed by atoms with Gasteiger partial charge in [-0.25, -0.2) is 4.90 Å². The largest absolute Gasteiger partial charge is 0.497 e. The van der Waals surface area contributed by atoms with E-state index < -0.39 is 6.04 Å². The van der Waals surface area contributed by atoms with Crippen molar-refractivity contribution < 1.29 is 19.1 Å². The van der Waals surface area contributed by atoms with Gasteiger partial charge in [-0.05, 0) is 42.7 Å². The molecule has 0 bridgehead atoms. The summed E-state index contributed by atoms with van der Waals surface area (Å²) in [4.78, 5) is 42.6. The first-order valence-corrected chi connectivity index (χ1v) is 10.9. The summed E-state index contributed by atoms with van der Waals surface area (Å²) >= 11 is 0. The molecule has 1 aliphatic heterocycles. The zero-order valence-corrected chi connectivity index (χ0v) is 17.8. The molecule has 6 nitrogen and oxygen atoms in total. The monoisotopic (exact) mass is 420 g/mol. The lowest BCUT2D eigenvalue weighted by atomic mass is 9.92. The first-order valence-electron chi connectivity index (χ1n) is 10.9. The Hall–Kier alpha value is -3.15. The summed E-state index contributed by atoms with van der Waals surface area (Å²) < 4.78 is 5.17. The van der Waals surface area contributed by atoms with Crippen molar-refractivity contribution in [3.8, 4) is 5.75 Å². The highest BCUT2D eigenvalue weighted by atomic mass is 16.5. The second-order valence-electron chi connectivity index (χ2n) is 8.24. The van der Waals surface area contributed by atoms with Gasteiger partial charge in [-0.3, -0.25) is 14.4 Å². The molecule has 2 aromatic rings. The summed E-state index contributed by atoms with van der Waals surface area (Å²) in [6.45, 7) is 0. The average molecular weight is 421 g/mol. The van der Waals surface area contributed by atoms with Crippen LogP contribution in [0.4, 0.5) is 5.69 Å². The Morgan fingerprint density at radius 2 is 1.68 bits per heavy atom. The molecular formula is C25H28N2O4. The van der Waals surface area contributed by atoms with Crippen molar-refractivity contribution in [2.45, 2.75) is 57.0 Å². The Labute approximate surface area is 182 Å². The van der Waals surface area contributed by atoms with E-state index in [2.05, 4.69) is 0 Å². The molecule has 1 atom stereocenters. The third kappa shape index (κ3) is 4.48. The highest BCUT2D eigenvalue weighted by Gasteiger charge is 2.46. The fourth-order valence-electron chi connectivity index (χ4n) is 4.69. The minimum Gasteiger partial charge on any atom is -0.497 e. The lowest BCUT2D eigenvalue weighted by Crippen LogP contribution is -2.51. The zero-order chi connectivity index (χ0) is 21.8. The standard InChI is InChI=1S/C25H28N2O4/c1-31-21-14-12-20(13-15-21)27-24(29)17-22(25(27)30)26(19-10-6-3-7-11-19)23(28)16-18-8-4-2-5-9-18/h2,4-5,8-9,12-15,19,22H,3,6-7,10-11,16-17H2,1H3. The summed E-state index contributed by atoms with van der Waals surface area (Å²) in [7, 11) is 1.57. The van der Waals surface area contributed by atoms with E-state index in [0.717, 1.165) is 37.7 Å². The van der Waals surface area contributed by atoms with E-state index in [4.69, 9.17) is 4.74 Å². The van der Waals surface area contributed by atoms with Gasteiger partial charge in [-0.1, -0.05) is 49.6 Å². The fourth-order valence-corrected chi connectivity index (χ4v) is 4.69. The first-order chi connectivity index (χ1) is 15.1. The fraction of sp³-hybridized carbons (Fsp3) is 0.400. The predicted octanol–water partition coefficient (Wildman–Crippen LogP) is 3.73. The van der Waals surface area contributed by atoms with Crippen LogP contribution in [-0.4, -0.2) is 41.8 Å². The molecule has 1 heterocycles. The lowest BCUT2D eigenvalue weighted by Gasteiger charge is -2.37. The molecule has 6 heteroatoms. The number of carbonyl (C=O) groups excluding carboxylic acids is 3. The summed E-state index contributed by atoms with van der Waals surface area (Å²) in [5, 5.41) is 0. The molecule has 2 aliphatic rings. The number of carbonyl (C=O) groups is 3. The van der Waals surface area contributed by atoms with Crippen LogP contribution in [0.15, 0.2) is 54.6 Å². The number of hydrogen-bond donors (Lipinski definition) is 0. The van der Waals surface area contributed by atoms with E-state index >= 15 is 0 Å². The van der Waals surface area contributed by atoms with Crippen molar-refractivity contribution in [1.29, 1.82) is 0 Å². The maximum atomic E-state index is 13.4. The highest BCUT2D eigenvalue weighted by Crippen LogP contribution is 2.32. The third-order valence-corrected chi connectivity index (χ3v) is 6.24. The van der Waals surface area contributed by atoms with Gasteiger partial charge < -0.3 is 9.64 Å². The van der Waals surface area contributed by atoms with E-state index in [1.54, 1.807) is 36.3 Å². The molecule has 1 aliphatic carbocycles. The van der Waals surface area contributed by atoms with Crippen LogP contribution in [0.25, 0.3) is 0 Å². The molecule has 3 amide bonds. The number of hydrogen-bond acceptors (Lipinski definition) is 4. The summed E-state index contributed by atoms with van der Waals surface area (Å²) in [6, 6.07) is 15.7. The van der Waals surface area contributed by atoms with Crippen LogP contribution in [0.1, 0.15) is 44.1 Å². The molecule has 1 saturated carbocycles. The molecular weight excluding hydrogens is 392 g/mol. The average Bonchev–Trinajstić information content (AvgIpc) is 3.09. The molecule has 0 spiro atoms. The normalized spacial score (nSPS) is 19.5. The van der Waals surface area contributed by atoms with Crippen LogP contribution in [0.5, 0.6) is 5.75 Å². The second kappa shape index (κ2) is 9.33. The van der Waals surface area contributed by atoms with Gasteiger partial charge in [-0.2, -0.15) is 0 Å². The molecule has 0 N–H and O–H groups in total. The number of ether oxygens (including phenoxy) is 1. The van der Waals surface area contributed by atoms with E-state index in [-0.39, 0.29) is 36.6 Å². The number of amides is 3. The topological polar surface area (TPSA) is 66.9 Å². The zero-order valence-electron chi connectivity index (χ0n) is 17.8. The summed E-state index contributed by atoms with van der Waals surface area (Å²) in [5.41, 5.74) is 1.43. The summed E-state index contributed by atoms with van der Waals surface area (Å²) in [6.07, 6.45) is 5.24. The lowest BCUT2D eigenvalue weighted by molar-refractivity contribution is -0.141. The van der Waals surface area contributed by atoms with Crippen LogP contribution in [0.2, 0.25) is 0 Å². The molecule has 1 unspecified atom stereocenters. The number of benzene rings is 2. The van der Waals surface area contributed by atoms with E-state index in [1.165, 1.54) is 4.90 Å². The SMILES string of the molecule is COc1ccc(N2C(=O)CC(N(C(=O)Cc3ccccc3)C3CCCCC3)C2=O)cc1. The Morgan fingerprint density at radius 3 is 2.32 bits per heavy atom. The molecule has 2 aromatic carbocycles. The predicted molar refractivity (Wildman–Crippen MR) is 118 cm³/mol. The van der Waals surface area contributed by atoms with Gasteiger partial charge in [0.2, 0.25) is 11.8 Å². The maximum absolute atomic E-state index is 13.4. The van der Waals surface area contributed by atoms with Crippen molar-refractivity contribution >= 4 is 23.4 Å². The Morgan fingerprint density at radius 1 is 1.00 bits per heavy atom. The van der Waals surface area contributed by atoms with E-state index in [9.17, 15) is 14.4 Å². The minimum absolute atomic E-state index is 0.00234. The molecule has 2 fully saturated rings. The maximum Gasteiger partial charge on any atom is 0.257 e. The summed E-state index contributed by atoms with van der Waals surface area (Å²) in [5.74, 6) is -0.0160. The van der Waals surface area contributed by atoms with E-state index in [1.807, 2.05) is 30.3 Å². The van der Waals surface area contributed by atoms with Gasteiger partial charge in [0.05, 0.1) is 25.6 Å². The van der Waals surface area contributed by atoms with Crippen molar-refractivity contribution in [2.75, 3.05) is 12.0 Å². The number of nitrogens with zero attached hydrogens (tertiary/aromatic N) is 2. The van der Waals surface area contributed by atoms with Crippen LogP contribution in [-0.2, 0) is 20.8 Å². The molecule has 162 valence electrons. The number of imide groups is 1. The van der Waals surface area contributed by atoms with Gasteiger partial charge in [0.1, 0.15) is 11.8 Å². The Bertz CT molecular complexity index is 936. The van der Waals surface area contributed by atoms with Crippen molar-refractivity contribution in [3.63, 3.8) is 0 Å². The van der Waals surface area contributed by atoms with Crippen LogP contribution in [0.3, 0.4) is 0 Å². The Balaban J connectivity index is 1.60. The van der Waals surface area contributed by atoms with Crippen LogP contribution >= 0.6 is 0 Å². The molecule has 0 radical (unpaired) electrons. The third-order valence-electron chi connectivity index (χ3n) is 6.24. The minimum atomic E-state index is -0.742. The number of methoxy groups -OCH3 is 1. The highest BCUT2D eigenvalue weighted by molar-refractivity contribution is 6.23. The van der Waals surface area contributed by atoms with E-state index in [0.29, 0.717) is 11.4 Å². The Kier molecular flexibility index (Phi) is 6.35. The van der Waals surface area contributed by atoms with Crippen molar-refractivity contribution in [1.82, 2.24) is 4.90 Å². The van der Waals surface area contributed by atoms with Crippen molar-refractivity contribution in [3.05, 3.63) is 60.2 Å². The van der Waals surface area contributed by atoms with Gasteiger partial charge in [0, 0.05) is 6.04 Å². The van der Waals surface area contributed by atoms with Gasteiger partial charge in [0.25, 0.3) is 5.91 Å². The number of anilines is 1.